The van der Waals surface area contributed by atoms with Gasteiger partial charge in [0.1, 0.15) is 6.54 Å². The summed E-state index contributed by atoms with van der Waals surface area (Å²) in [5, 5.41) is 3.50. The van der Waals surface area contributed by atoms with Gasteiger partial charge < -0.3 is 19.4 Å². The van der Waals surface area contributed by atoms with E-state index in [4.69, 9.17) is 9.47 Å². The number of amides is 1. The Morgan fingerprint density at radius 1 is 1.12 bits per heavy atom. The molecule has 0 unspecified atom stereocenters. The lowest BCUT2D eigenvalue weighted by Crippen LogP contribution is -2.20. The number of rotatable bonds is 3. The van der Waals surface area contributed by atoms with Crippen molar-refractivity contribution in [1.29, 1.82) is 0 Å². The maximum absolute atomic E-state index is 12.5. The number of carbonyl (C=O) groups excluding carboxylic acids is 1. The van der Waals surface area contributed by atoms with Gasteiger partial charge in [0.25, 0.3) is 0 Å². The van der Waals surface area contributed by atoms with Gasteiger partial charge in [0.2, 0.25) is 12.7 Å². The molecular weight excluding hydrogens is 332 g/mol. The fourth-order valence-electron chi connectivity index (χ4n) is 3.28. The third-order valence-electron chi connectivity index (χ3n) is 4.39. The van der Waals surface area contributed by atoms with E-state index in [2.05, 4.69) is 5.32 Å². The van der Waals surface area contributed by atoms with Gasteiger partial charge in [-0.05, 0) is 43.2 Å². The molecule has 3 aromatic rings. The van der Waals surface area contributed by atoms with E-state index in [-0.39, 0.29) is 24.7 Å². The number of aryl methyl sites for hydroxylation is 2. The molecule has 0 aliphatic carbocycles. The van der Waals surface area contributed by atoms with Crippen molar-refractivity contribution < 1.29 is 14.3 Å². The predicted octanol–water partition coefficient (Wildman–Crippen LogP) is 2.99. The van der Waals surface area contributed by atoms with Gasteiger partial charge in [-0.3, -0.25) is 9.59 Å². The number of fused-ring (bicyclic) bond motifs is 2. The molecule has 6 nitrogen and oxygen atoms in total. The first-order chi connectivity index (χ1) is 12.5. The minimum absolute atomic E-state index is 0.0371. The second kappa shape index (κ2) is 6.22. The average Bonchev–Trinajstić information content (AvgIpc) is 3.04. The summed E-state index contributed by atoms with van der Waals surface area (Å²) in [4.78, 5) is 24.7. The molecule has 1 aliphatic heterocycles. The van der Waals surface area contributed by atoms with E-state index in [1.165, 1.54) is 6.07 Å². The van der Waals surface area contributed by atoms with E-state index < -0.39 is 0 Å². The van der Waals surface area contributed by atoms with Crippen LogP contribution in [0.25, 0.3) is 10.9 Å². The molecule has 0 radical (unpaired) electrons. The number of hydrogen-bond donors (Lipinski definition) is 1. The van der Waals surface area contributed by atoms with Gasteiger partial charge in [-0.1, -0.05) is 6.07 Å². The molecule has 2 aromatic carbocycles. The summed E-state index contributed by atoms with van der Waals surface area (Å²) in [5.74, 6) is 1.09. The Balaban J connectivity index is 1.62. The second-order valence-corrected chi connectivity index (χ2v) is 6.40. The summed E-state index contributed by atoms with van der Waals surface area (Å²) >= 11 is 0. The first kappa shape index (κ1) is 16.2. The third-order valence-corrected chi connectivity index (χ3v) is 4.39. The van der Waals surface area contributed by atoms with Gasteiger partial charge >= 0.3 is 0 Å². The normalized spacial score (nSPS) is 12.4. The van der Waals surface area contributed by atoms with Gasteiger partial charge in [-0.25, -0.2) is 0 Å². The summed E-state index contributed by atoms with van der Waals surface area (Å²) < 4.78 is 12.4. The number of benzene rings is 2. The van der Waals surface area contributed by atoms with Crippen LogP contribution in [0.1, 0.15) is 11.1 Å². The Hall–Kier alpha value is -3.28. The van der Waals surface area contributed by atoms with E-state index in [1.54, 1.807) is 29.0 Å². The Morgan fingerprint density at radius 3 is 2.77 bits per heavy atom. The summed E-state index contributed by atoms with van der Waals surface area (Å²) in [7, 11) is 0. The Kier molecular flexibility index (Phi) is 3.88. The van der Waals surface area contributed by atoms with Gasteiger partial charge in [0.05, 0.1) is 5.52 Å². The maximum atomic E-state index is 12.5. The van der Waals surface area contributed by atoms with Crippen molar-refractivity contribution in [3.63, 3.8) is 0 Å². The molecule has 0 fully saturated rings. The van der Waals surface area contributed by atoms with Gasteiger partial charge in [-0.2, -0.15) is 0 Å². The molecule has 4 rings (SSSR count). The lowest BCUT2D eigenvalue weighted by Gasteiger charge is -2.13. The van der Waals surface area contributed by atoms with Crippen molar-refractivity contribution in [1.82, 2.24) is 4.57 Å². The molecule has 132 valence electrons. The average molecular weight is 350 g/mol. The number of ether oxygens (including phenoxy) is 2. The molecular formula is C20H18N2O4. The van der Waals surface area contributed by atoms with E-state index in [0.717, 1.165) is 16.6 Å². The summed E-state index contributed by atoms with van der Waals surface area (Å²) in [6.45, 7) is 4.18. The molecule has 1 aliphatic rings. The van der Waals surface area contributed by atoms with E-state index in [0.29, 0.717) is 22.6 Å². The molecule has 0 atom stereocenters. The third kappa shape index (κ3) is 2.90. The van der Waals surface area contributed by atoms with Gasteiger partial charge in [-0.15, -0.1) is 0 Å². The zero-order valence-corrected chi connectivity index (χ0v) is 14.5. The van der Waals surface area contributed by atoms with Crippen LogP contribution in [0.4, 0.5) is 5.69 Å². The van der Waals surface area contributed by atoms with Crippen molar-refractivity contribution in [3.05, 3.63) is 63.9 Å². The molecule has 0 bridgehead atoms. The lowest BCUT2D eigenvalue weighted by molar-refractivity contribution is -0.116. The van der Waals surface area contributed by atoms with Crippen LogP contribution >= 0.6 is 0 Å². The quantitative estimate of drug-likeness (QED) is 0.788. The number of nitrogens with one attached hydrogen (secondary N) is 1. The maximum Gasteiger partial charge on any atom is 0.244 e. The minimum Gasteiger partial charge on any atom is -0.454 e. The zero-order chi connectivity index (χ0) is 18.3. The van der Waals surface area contributed by atoms with Crippen LogP contribution in [-0.2, 0) is 11.3 Å². The zero-order valence-electron chi connectivity index (χ0n) is 14.5. The van der Waals surface area contributed by atoms with Crippen LogP contribution in [0.15, 0.2) is 47.4 Å². The second-order valence-electron chi connectivity index (χ2n) is 6.40. The van der Waals surface area contributed by atoms with E-state index >= 15 is 0 Å². The molecule has 0 spiro atoms. The highest BCUT2D eigenvalue weighted by Gasteiger charge is 2.15. The summed E-state index contributed by atoms with van der Waals surface area (Å²) in [5.41, 5.74) is 3.32. The number of anilines is 1. The van der Waals surface area contributed by atoms with Crippen molar-refractivity contribution in [2.24, 2.45) is 0 Å². The van der Waals surface area contributed by atoms with Crippen molar-refractivity contribution in [2.45, 2.75) is 20.4 Å². The first-order valence-electron chi connectivity index (χ1n) is 8.31. The van der Waals surface area contributed by atoms with Crippen LogP contribution in [0.5, 0.6) is 11.5 Å². The lowest BCUT2D eigenvalue weighted by atomic mass is 10.1. The van der Waals surface area contributed by atoms with Crippen LogP contribution in [0.2, 0.25) is 0 Å². The van der Waals surface area contributed by atoms with Crippen LogP contribution < -0.4 is 20.2 Å². The number of hydrogen-bond acceptors (Lipinski definition) is 4. The van der Waals surface area contributed by atoms with Crippen LogP contribution in [0.3, 0.4) is 0 Å². The van der Waals surface area contributed by atoms with Crippen molar-refractivity contribution in [2.75, 3.05) is 12.1 Å². The smallest absolute Gasteiger partial charge is 0.244 e. The number of carbonyl (C=O) groups is 1. The van der Waals surface area contributed by atoms with Gasteiger partial charge in [0, 0.05) is 29.4 Å². The highest BCUT2D eigenvalue weighted by atomic mass is 16.7. The van der Waals surface area contributed by atoms with Crippen molar-refractivity contribution >= 4 is 22.5 Å². The predicted molar refractivity (Wildman–Crippen MR) is 98.9 cm³/mol. The number of aromatic nitrogens is 1. The van der Waals surface area contributed by atoms with Crippen LogP contribution in [0, 0.1) is 13.8 Å². The fraction of sp³-hybridized carbons (Fsp3) is 0.200. The monoisotopic (exact) mass is 350 g/mol. The number of nitrogens with zero attached hydrogens (tertiary/aromatic N) is 1. The number of pyridine rings is 1. The molecule has 1 amide bonds. The standard InChI is InChI=1S/C20H18N2O4/c1-12-7-13(2)20-15(8-12)22(6-5-16(20)23)10-19(24)21-14-3-4-17-18(9-14)26-11-25-17/h3-9H,10-11H2,1-2H3,(H,21,24). The first-order valence-corrected chi connectivity index (χ1v) is 8.31. The highest BCUT2D eigenvalue weighted by Crippen LogP contribution is 2.34. The molecule has 0 saturated carbocycles. The molecule has 6 heteroatoms. The Labute approximate surface area is 150 Å². The van der Waals surface area contributed by atoms with Crippen molar-refractivity contribution in [3.8, 4) is 11.5 Å². The topological polar surface area (TPSA) is 69.6 Å². The minimum atomic E-state index is -0.187. The molecule has 2 heterocycles. The fourth-order valence-corrected chi connectivity index (χ4v) is 3.28. The molecule has 1 aromatic heterocycles. The van der Waals surface area contributed by atoms with E-state index in [9.17, 15) is 9.59 Å². The summed E-state index contributed by atoms with van der Waals surface area (Å²) in [6, 6.07) is 10.7. The largest absolute Gasteiger partial charge is 0.454 e. The highest BCUT2D eigenvalue weighted by molar-refractivity contribution is 5.92. The molecule has 1 N–H and O–H groups in total. The summed E-state index contributed by atoms with van der Waals surface area (Å²) in [6.07, 6.45) is 1.66. The van der Waals surface area contributed by atoms with Crippen LogP contribution in [-0.4, -0.2) is 17.3 Å². The Morgan fingerprint density at radius 2 is 1.92 bits per heavy atom. The van der Waals surface area contributed by atoms with Gasteiger partial charge in [0.15, 0.2) is 16.9 Å². The van der Waals surface area contributed by atoms with E-state index in [1.807, 2.05) is 26.0 Å². The Bertz CT molecular complexity index is 1090. The SMILES string of the molecule is Cc1cc(C)c2c(=O)ccn(CC(=O)Nc3ccc4c(c3)OCO4)c2c1. The molecule has 26 heavy (non-hydrogen) atoms. The molecule has 0 saturated heterocycles.